The molecule has 1 saturated carbocycles. The van der Waals surface area contributed by atoms with E-state index in [9.17, 15) is 9.59 Å². The number of nitrogens with zero attached hydrogens (tertiary/aromatic N) is 2. The lowest BCUT2D eigenvalue weighted by Gasteiger charge is -2.22. The monoisotopic (exact) mass is 433 g/mol. The predicted octanol–water partition coefficient (Wildman–Crippen LogP) is 4.11. The van der Waals surface area contributed by atoms with E-state index in [1.165, 1.54) is 0 Å². The van der Waals surface area contributed by atoms with Crippen molar-refractivity contribution in [2.45, 2.75) is 70.9 Å². The van der Waals surface area contributed by atoms with E-state index in [1.54, 1.807) is 12.3 Å². The Balaban J connectivity index is 1.52. The van der Waals surface area contributed by atoms with Gasteiger partial charge in [0.15, 0.2) is 5.82 Å². The van der Waals surface area contributed by atoms with E-state index in [-0.39, 0.29) is 29.9 Å². The molecule has 1 aliphatic carbocycles. The summed E-state index contributed by atoms with van der Waals surface area (Å²) in [4.78, 5) is 28.5. The number of aromatic nitrogens is 3. The normalized spacial score (nSPS) is 18.8. The van der Waals surface area contributed by atoms with E-state index >= 15 is 0 Å². The van der Waals surface area contributed by atoms with Gasteiger partial charge in [-0.2, -0.15) is 5.10 Å². The summed E-state index contributed by atoms with van der Waals surface area (Å²) >= 11 is 6.21. The van der Waals surface area contributed by atoms with Crippen LogP contribution in [0.3, 0.4) is 0 Å². The molecule has 3 N–H and O–H groups in total. The lowest BCUT2D eigenvalue weighted by Crippen LogP contribution is -2.42. The molecular weight excluding hydrogens is 406 g/mol. The van der Waals surface area contributed by atoms with Crippen LogP contribution in [0.15, 0.2) is 18.3 Å². The van der Waals surface area contributed by atoms with Gasteiger partial charge in [-0.05, 0) is 58.6 Å². The lowest BCUT2D eigenvalue weighted by molar-refractivity contribution is -0.115. The number of H-pyrrole nitrogens is 1. The standard InChI is InChI=1S/C21H28ClN5O3/c1-12-7-8-23-16(19(12)22)11-18(28)24-17-10-15(26-27-17)13-5-6-14(9-13)30-20(29)25-21(2,3)4/h7-8,10,13-14H,5-6,9,11H2,1-4H3,(H,25,29)(H2,24,26,27,28)/t13-,14+/m0/s1. The predicted molar refractivity (Wildman–Crippen MR) is 115 cm³/mol. The first-order valence-electron chi connectivity index (χ1n) is 10.0. The fraction of sp³-hybridized carbons (Fsp3) is 0.524. The number of aryl methyl sites for hydroxylation is 1. The molecule has 2 aromatic rings. The van der Waals surface area contributed by atoms with Gasteiger partial charge in [-0.1, -0.05) is 11.6 Å². The number of alkyl carbamates (subject to hydrolysis) is 1. The molecule has 2 amide bonds. The Morgan fingerprint density at radius 2 is 2.10 bits per heavy atom. The Morgan fingerprint density at radius 3 is 2.83 bits per heavy atom. The maximum Gasteiger partial charge on any atom is 0.407 e. The number of carbonyl (C=O) groups excluding carboxylic acids is 2. The first kappa shape index (κ1) is 22.1. The average Bonchev–Trinajstić information content (AvgIpc) is 3.26. The molecule has 0 bridgehead atoms. The molecule has 9 heteroatoms. The van der Waals surface area contributed by atoms with Crippen LogP contribution in [-0.4, -0.2) is 38.8 Å². The molecule has 2 heterocycles. The summed E-state index contributed by atoms with van der Waals surface area (Å²) in [5.74, 6) is 0.414. The minimum Gasteiger partial charge on any atom is -0.446 e. The van der Waals surface area contributed by atoms with E-state index in [2.05, 4.69) is 25.8 Å². The number of nitrogens with one attached hydrogen (secondary N) is 3. The summed E-state index contributed by atoms with van der Waals surface area (Å²) in [5.41, 5.74) is 2.00. The number of rotatable bonds is 5. The summed E-state index contributed by atoms with van der Waals surface area (Å²) in [6.45, 7) is 7.61. The third kappa shape index (κ3) is 5.95. The van der Waals surface area contributed by atoms with Gasteiger partial charge in [-0.15, -0.1) is 0 Å². The molecule has 2 atom stereocenters. The van der Waals surface area contributed by atoms with Crippen LogP contribution in [0, 0.1) is 6.92 Å². The molecule has 8 nitrogen and oxygen atoms in total. The Labute approximate surface area is 181 Å². The molecule has 3 rings (SSSR count). The fourth-order valence-electron chi connectivity index (χ4n) is 3.49. The Hall–Kier alpha value is -2.61. The molecule has 0 saturated heterocycles. The van der Waals surface area contributed by atoms with Crippen LogP contribution in [0.25, 0.3) is 0 Å². The zero-order chi connectivity index (χ0) is 21.9. The summed E-state index contributed by atoms with van der Waals surface area (Å²) < 4.78 is 5.52. The van der Waals surface area contributed by atoms with Gasteiger partial charge in [0.2, 0.25) is 5.91 Å². The average molecular weight is 434 g/mol. The number of halogens is 1. The van der Waals surface area contributed by atoms with Crippen LogP contribution in [0.5, 0.6) is 0 Å². The minimum absolute atomic E-state index is 0.0743. The van der Waals surface area contributed by atoms with Gasteiger partial charge in [0.25, 0.3) is 0 Å². The van der Waals surface area contributed by atoms with Gasteiger partial charge < -0.3 is 15.4 Å². The van der Waals surface area contributed by atoms with Crippen molar-refractivity contribution >= 4 is 29.4 Å². The van der Waals surface area contributed by atoms with Crippen molar-refractivity contribution in [3.05, 3.63) is 40.3 Å². The van der Waals surface area contributed by atoms with E-state index in [4.69, 9.17) is 16.3 Å². The van der Waals surface area contributed by atoms with Crippen molar-refractivity contribution < 1.29 is 14.3 Å². The SMILES string of the molecule is Cc1ccnc(CC(=O)Nc2cc([C@H]3CC[C@@H](OC(=O)NC(C)(C)C)C3)[nH]n2)c1Cl. The van der Waals surface area contributed by atoms with Gasteiger partial charge in [0.1, 0.15) is 6.10 Å². The van der Waals surface area contributed by atoms with Gasteiger partial charge >= 0.3 is 6.09 Å². The molecule has 1 fully saturated rings. The van der Waals surface area contributed by atoms with E-state index in [0.29, 0.717) is 16.5 Å². The van der Waals surface area contributed by atoms with Crippen LogP contribution >= 0.6 is 11.6 Å². The molecular formula is C21H28ClN5O3. The third-order valence-electron chi connectivity index (χ3n) is 4.92. The summed E-state index contributed by atoms with van der Waals surface area (Å²) in [6.07, 6.45) is 3.58. The molecule has 0 spiro atoms. The second-order valence-electron chi connectivity index (χ2n) is 8.73. The van der Waals surface area contributed by atoms with Gasteiger partial charge in [0, 0.05) is 29.4 Å². The molecule has 0 radical (unpaired) electrons. The van der Waals surface area contributed by atoms with Crippen molar-refractivity contribution in [2.75, 3.05) is 5.32 Å². The zero-order valence-corrected chi connectivity index (χ0v) is 18.5. The first-order valence-corrected chi connectivity index (χ1v) is 10.4. The van der Waals surface area contributed by atoms with Crippen molar-refractivity contribution in [3.8, 4) is 0 Å². The Morgan fingerprint density at radius 1 is 1.33 bits per heavy atom. The van der Waals surface area contributed by atoms with Crippen molar-refractivity contribution in [1.29, 1.82) is 0 Å². The quantitative estimate of drug-likeness (QED) is 0.657. The summed E-state index contributed by atoms with van der Waals surface area (Å²) in [6, 6.07) is 3.63. The smallest absolute Gasteiger partial charge is 0.407 e. The van der Waals surface area contributed by atoms with Crippen LogP contribution in [0.1, 0.15) is 62.9 Å². The number of hydrogen-bond donors (Lipinski definition) is 3. The summed E-state index contributed by atoms with van der Waals surface area (Å²) in [5, 5.41) is 13.3. The molecule has 1 aliphatic rings. The largest absolute Gasteiger partial charge is 0.446 e. The van der Waals surface area contributed by atoms with Gasteiger partial charge in [0.05, 0.1) is 17.1 Å². The molecule has 0 unspecified atom stereocenters. The molecule has 30 heavy (non-hydrogen) atoms. The van der Waals surface area contributed by atoms with Crippen LogP contribution < -0.4 is 10.6 Å². The molecule has 0 aliphatic heterocycles. The molecule has 162 valence electrons. The maximum atomic E-state index is 12.3. The number of anilines is 1. The van der Waals surface area contributed by atoms with E-state index in [1.807, 2.05) is 33.8 Å². The van der Waals surface area contributed by atoms with Gasteiger partial charge in [-0.3, -0.25) is 14.9 Å². The topological polar surface area (TPSA) is 109 Å². The Bertz CT molecular complexity index is 922. The summed E-state index contributed by atoms with van der Waals surface area (Å²) in [7, 11) is 0. The second kappa shape index (κ2) is 9.04. The minimum atomic E-state index is -0.394. The highest BCUT2D eigenvalue weighted by Crippen LogP contribution is 2.36. The van der Waals surface area contributed by atoms with Crippen molar-refractivity contribution in [2.24, 2.45) is 0 Å². The number of hydrogen-bond acceptors (Lipinski definition) is 5. The zero-order valence-electron chi connectivity index (χ0n) is 17.7. The number of ether oxygens (including phenoxy) is 1. The number of amides is 2. The number of carbonyl (C=O) groups is 2. The van der Waals surface area contributed by atoms with Crippen molar-refractivity contribution in [1.82, 2.24) is 20.5 Å². The highest BCUT2D eigenvalue weighted by Gasteiger charge is 2.30. The molecule has 2 aromatic heterocycles. The van der Waals surface area contributed by atoms with Crippen LogP contribution in [0.4, 0.5) is 10.6 Å². The first-order chi connectivity index (χ1) is 14.1. The number of aromatic amines is 1. The highest BCUT2D eigenvalue weighted by molar-refractivity contribution is 6.32. The number of pyridine rings is 1. The van der Waals surface area contributed by atoms with Crippen LogP contribution in [0.2, 0.25) is 5.02 Å². The molecule has 0 aromatic carbocycles. The van der Waals surface area contributed by atoms with Gasteiger partial charge in [-0.25, -0.2) is 4.79 Å². The van der Waals surface area contributed by atoms with Crippen molar-refractivity contribution in [3.63, 3.8) is 0 Å². The maximum absolute atomic E-state index is 12.3. The third-order valence-corrected chi connectivity index (χ3v) is 5.44. The second-order valence-corrected chi connectivity index (χ2v) is 9.11. The fourth-order valence-corrected chi connectivity index (χ4v) is 3.66. The Kier molecular flexibility index (Phi) is 6.65. The lowest BCUT2D eigenvalue weighted by atomic mass is 10.0. The van der Waals surface area contributed by atoms with E-state index < -0.39 is 6.09 Å². The van der Waals surface area contributed by atoms with E-state index in [0.717, 1.165) is 30.5 Å². The van der Waals surface area contributed by atoms with Crippen LogP contribution in [-0.2, 0) is 16.0 Å². The highest BCUT2D eigenvalue weighted by atomic mass is 35.5.